The van der Waals surface area contributed by atoms with Crippen LogP contribution in [-0.2, 0) is 4.79 Å². The van der Waals surface area contributed by atoms with E-state index in [-0.39, 0.29) is 30.3 Å². The van der Waals surface area contributed by atoms with Gasteiger partial charge >= 0.3 is 0 Å². The van der Waals surface area contributed by atoms with E-state index in [1.807, 2.05) is 13.8 Å². The molecule has 1 amide bonds. The van der Waals surface area contributed by atoms with Crippen molar-refractivity contribution in [3.63, 3.8) is 0 Å². The fraction of sp³-hybridized carbons (Fsp3) is 0.500. The average Bonchev–Trinajstić information content (AvgIpc) is 2.28. The summed E-state index contributed by atoms with van der Waals surface area (Å²) < 4.78 is 12.9. The minimum Gasteiger partial charge on any atom is -0.396 e. The van der Waals surface area contributed by atoms with Gasteiger partial charge in [0.25, 0.3) is 0 Å². The molecule has 0 aliphatic heterocycles. The number of anilines is 1. The van der Waals surface area contributed by atoms with Gasteiger partial charge in [0.15, 0.2) is 0 Å². The Labute approximate surface area is 113 Å². The van der Waals surface area contributed by atoms with Gasteiger partial charge < -0.3 is 15.7 Å². The van der Waals surface area contributed by atoms with Crippen LogP contribution in [0.25, 0.3) is 0 Å². The maximum atomic E-state index is 12.9. The van der Waals surface area contributed by atoms with Crippen LogP contribution in [0, 0.1) is 11.2 Å². The Hall–Kier alpha value is -1.46. The van der Waals surface area contributed by atoms with Crippen molar-refractivity contribution < 1.29 is 14.3 Å². The summed E-state index contributed by atoms with van der Waals surface area (Å²) in [4.78, 5) is 11.6. The summed E-state index contributed by atoms with van der Waals surface area (Å²) in [5, 5.41) is 14.5. The Morgan fingerprint density at radius 1 is 1.42 bits per heavy atom. The number of hydrogen-bond acceptors (Lipinski definition) is 3. The summed E-state index contributed by atoms with van der Waals surface area (Å²) in [6.07, 6.45) is 0.672. The predicted molar refractivity (Wildman–Crippen MR) is 73.4 cm³/mol. The lowest BCUT2D eigenvalue weighted by Crippen LogP contribution is -2.35. The quantitative estimate of drug-likeness (QED) is 0.706. The molecule has 19 heavy (non-hydrogen) atoms. The molecule has 4 nitrogen and oxygen atoms in total. The molecule has 0 saturated carbocycles. The van der Waals surface area contributed by atoms with E-state index in [1.165, 1.54) is 12.1 Å². The van der Waals surface area contributed by atoms with Crippen LogP contribution in [0.5, 0.6) is 0 Å². The summed E-state index contributed by atoms with van der Waals surface area (Å²) in [6, 6.07) is 5.78. The van der Waals surface area contributed by atoms with Crippen molar-refractivity contribution in [2.75, 3.05) is 25.0 Å². The van der Waals surface area contributed by atoms with E-state index in [4.69, 9.17) is 5.11 Å². The topological polar surface area (TPSA) is 61.4 Å². The molecule has 5 heteroatoms. The number of nitrogens with one attached hydrogen (secondary N) is 2. The Balaban J connectivity index is 2.32. The first-order valence-electron chi connectivity index (χ1n) is 6.30. The average molecular weight is 268 g/mol. The van der Waals surface area contributed by atoms with Crippen molar-refractivity contribution in [3.05, 3.63) is 30.1 Å². The van der Waals surface area contributed by atoms with Crippen LogP contribution in [0.1, 0.15) is 20.3 Å². The molecule has 1 rings (SSSR count). The zero-order valence-corrected chi connectivity index (χ0v) is 11.4. The molecule has 0 spiro atoms. The van der Waals surface area contributed by atoms with Crippen molar-refractivity contribution in [1.82, 2.24) is 5.32 Å². The van der Waals surface area contributed by atoms with Crippen LogP contribution in [0.3, 0.4) is 0 Å². The van der Waals surface area contributed by atoms with E-state index < -0.39 is 0 Å². The van der Waals surface area contributed by atoms with Crippen LogP contribution in [-0.4, -0.2) is 30.7 Å². The summed E-state index contributed by atoms with van der Waals surface area (Å²) in [5.74, 6) is -0.597. The summed E-state index contributed by atoms with van der Waals surface area (Å²) >= 11 is 0. The van der Waals surface area contributed by atoms with Crippen LogP contribution < -0.4 is 10.6 Å². The number of aliphatic hydroxyl groups is 1. The Kier molecular flexibility index (Phi) is 5.92. The molecule has 0 bridgehead atoms. The van der Waals surface area contributed by atoms with Crippen molar-refractivity contribution in [2.24, 2.45) is 5.41 Å². The van der Waals surface area contributed by atoms with Gasteiger partial charge in [0.05, 0.1) is 6.54 Å². The molecular weight excluding hydrogens is 247 g/mol. The van der Waals surface area contributed by atoms with Gasteiger partial charge in [0.1, 0.15) is 5.82 Å². The first-order chi connectivity index (χ1) is 8.93. The number of carbonyl (C=O) groups is 1. The number of carbonyl (C=O) groups excluding carboxylic acids is 1. The summed E-state index contributed by atoms with van der Waals surface area (Å²) in [6.45, 7) is 4.95. The maximum Gasteiger partial charge on any atom is 0.238 e. The Bertz CT molecular complexity index is 422. The highest BCUT2D eigenvalue weighted by Gasteiger charge is 2.16. The van der Waals surface area contributed by atoms with Crippen LogP contribution in [0.15, 0.2) is 24.3 Å². The second kappa shape index (κ2) is 7.21. The Morgan fingerprint density at radius 2 is 2.16 bits per heavy atom. The molecule has 0 aliphatic carbocycles. The third-order valence-corrected chi connectivity index (χ3v) is 2.79. The van der Waals surface area contributed by atoms with E-state index in [0.29, 0.717) is 18.7 Å². The van der Waals surface area contributed by atoms with Gasteiger partial charge in [-0.2, -0.15) is 0 Å². The standard InChI is InChI=1S/C14H21FN2O2/c1-14(2,6-7-18)10-16-9-13(19)17-12-5-3-4-11(15)8-12/h3-5,8,16,18H,6-7,9-10H2,1-2H3,(H,17,19). The molecule has 0 atom stereocenters. The molecule has 0 saturated heterocycles. The second-order valence-electron chi connectivity index (χ2n) is 5.30. The van der Waals surface area contributed by atoms with E-state index in [2.05, 4.69) is 10.6 Å². The molecule has 106 valence electrons. The highest BCUT2D eigenvalue weighted by atomic mass is 19.1. The molecule has 1 aromatic rings. The summed E-state index contributed by atoms with van der Waals surface area (Å²) in [5.41, 5.74) is 0.384. The number of rotatable bonds is 7. The SMILES string of the molecule is CC(C)(CCO)CNCC(=O)Nc1cccc(F)c1. The number of hydrogen-bond donors (Lipinski definition) is 3. The molecule has 0 aromatic heterocycles. The first kappa shape index (κ1) is 15.6. The molecule has 0 unspecified atom stereocenters. The fourth-order valence-corrected chi connectivity index (χ4v) is 1.68. The van der Waals surface area contributed by atoms with Gasteiger partial charge in [-0.15, -0.1) is 0 Å². The van der Waals surface area contributed by atoms with Gasteiger partial charge in [-0.05, 0) is 30.0 Å². The monoisotopic (exact) mass is 268 g/mol. The van der Waals surface area contributed by atoms with Crippen molar-refractivity contribution in [2.45, 2.75) is 20.3 Å². The fourth-order valence-electron chi connectivity index (χ4n) is 1.68. The maximum absolute atomic E-state index is 12.9. The highest BCUT2D eigenvalue weighted by molar-refractivity contribution is 5.92. The Morgan fingerprint density at radius 3 is 2.79 bits per heavy atom. The molecule has 3 N–H and O–H groups in total. The van der Waals surface area contributed by atoms with Gasteiger partial charge in [-0.1, -0.05) is 19.9 Å². The number of halogens is 1. The van der Waals surface area contributed by atoms with Gasteiger partial charge in [-0.25, -0.2) is 4.39 Å². The lowest BCUT2D eigenvalue weighted by atomic mass is 9.90. The van der Waals surface area contributed by atoms with Crippen molar-refractivity contribution in [1.29, 1.82) is 0 Å². The van der Waals surface area contributed by atoms with Crippen LogP contribution >= 0.6 is 0 Å². The zero-order chi connectivity index (χ0) is 14.3. The first-order valence-corrected chi connectivity index (χ1v) is 6.30. The molecule has 0 fully saturated rings. The van der Waals surface area contributed by atoms with E-state index >= 15 is 0 Å². The molecule has 0 aliphatic rings. The lowest BCUT2D eigenvalue weighted by Gasteiger charge is -2.23. The van der Waals surface area contributed by atoms with E-state index in [0.717, 1.165) is 0 Å². The molecule has 0 radical (unpaired) electrons. The van der Waals surface area contributed by atoms with Crippen molar-refractivity contribution in [3.8, 4) is 0 Å². The zero-order valence-electron chi connectivity index (χ0n) is 11.4. The summed E-state index contributed by atoms with van der Waals surface area (Å²) in [7, 11) is 0. The number of amides is 1. The van der Waals surface area contributed by atoms with Gasteiger partial charge in [0.2, 0.25) is 5.91 Å². The third kappa shape index (κ3) is 6.31. The minimum absolute atomic E-state index is 0.0616. The van der Waals surface area contributed by atoms with Gasteiger partial charge in [0, 0.05) is 18.8 Å². The van der Waals surface area contributed by atoms with Crippen LogP contribution in [0.4, 0.5) is 10.1 Å². The van der Waals surface area contributed by atoms with Crippen LogP contribution in [0.2, 0.25) is 0 Å². The number of aliphatic hydroxyl groups excluding tert-OH is 1. The van der Waals surface area contributed by atoms with Gasteiger partial charge in [-0.3, -0.25) is 4.79 Å². The highest BCUT2D eigenvalue weighted by Crippen LogP contribution is 2.17. The molecule has 1 aromatic carbocycles. The molecule has 0 heterocycles. The van der Waals surface area contributed by atoms with E-state index in [9.17, 15) is 9.18 Å². The predicted octanol–water partition coefficient (Wildman–Crippen LogP) is 1.76. The molecular formula is C14H21FN2O2. The minimum atomic E-state index is -0.380. The normalized spacial score (nSPS) is 11.4. The van der Waals surface area contributed by atoms with Crippen molar-refractivity contribution >= 4 is 11.6 Å². The second-order valence-corrected chi connectivity index (χ2v) is 5.30. The van der Waals surface area contributed by atoms with E-state index in [1.54, 1.807) is 12.1 Å². The third-order valence-electron chi connectivity index (χ3n) is 2.79. The smallest absolute Gasteiger partial charge is 0.238 e. The number of benzene rings is 1. The largest absolute Gasteiger partial charge is 0.396 e. The lowest BCUT2D eigenvalue weighted by molar-refractivity contribution is -0.115.